The van der Waals surface area contributed by atoms with Gasteiger partial charge in [0.2, 0.25) is 0 Å². The molecule has 1 unspecified atom stereocenters. The molecule has 2 N–H and O–H groups in total. The van der Waals surface area contributed by atoms with E-state index in [2.05, 4.69) is 15.9 Å². The molecule has 0 radical (unpaired) electrons. The largest absolute Gasteiger partial charge is 0.324 e. The molecule has 0 saturated heterocycles. The minimum Gasteiger partial charge on any atom is -0.324 e. The summed E-state index contributed by atoms with van der Waals surface area (Å²) in [5, 5.41) is 0. The third-order valence-corrected chi connectivity index (χ3v) is 3.39. The summed E-state index contributed by atoms with van der Waals surface area (Å²) in [5.74, 6) is -0.596. The zero-order valence-corrected chi connectivity index (χ0v) is 11.1. The molecule has 2 aromatic rings. The summed E-state index contributed by atoms with van der Waals surface area (Å²) in [4.78, 5) is 0. The Morgan fingerprint density at radius 3 is 2.44 bits per heavy atom. The van der Waals surface area contributed by atoms with Crippen LogP contribution in [-0.2, 0) is 6.42 Å². The average molecular weight is 312 g/mol. The minimum atomic E-state index is -0.316. The predicted octanol–water partition coefficient (Wildman–Crippen LogP) is 3.97. The molecule has 94 valence electrons. The number of nitrogens with two attached hydrogens (primary N) is 1. The average Bonchev–Trinajstić information content (AvgIpc) is 2.28. The quantitative estimate of drug-likeness (QED) is 0.912. The Kier molecular flexibility index (Phi) is 4.09. The van der Waals surface area contributed by atoms with Crippen molar-refractivity contribution in [2.75, 3.05) is 0 Å². The molecule has 0 aromatic heterocycles. The fourth-order valence-corrected chi connectivity index (χ4v) is 2.47. The van der Waals surface area contributed by atoms with Crippen molar-refractivity contribution in [1.29, 1.82) is 0 Å². The molecule has 0 fully saturated rings. The number of halogens is 3. The van der Waals surface area contributed by atoms with Crippen molar-refractivity contribution >= 4 is 15.9 Å². The van der Waals surface area contributed by atoms with E-state index in [4.69, 9.17) is 5.73 Å². The Labute approximate surface area is 113 Å². The maximum atomic E-state index is 13.1. The van der Waals surface area contributed by atoms with E-state index in [0.29, 0.717) is 10.9 Å². The normalized spacial score (nSPS) is 12.4. The van der Waals surface area contributed by atoms with Crippen molar-refractivity contribution in [3.8, 4) is 0 Å². The van der Waals surface area contributed by atoms with Gasteiger partial charge >= 0.3 is 0 Å². The van der Waals surface area contributed by atoms with E-state index in [1.54, 1.807) is 12.1 Å². The van der Waals surface area contributed by atoms with Crippen LogP contribution in [0.4, 0.5) is 8.78 Å². The van der Waals surface area contributed by atoms with Crippen molar-refractivity contribution in [3.63, 3.8) is 0 Å². The molecule has 1 atom stereocenters. The molecular formula is C14H12BrF2N. The van der Waals surface area contributed by atoms with Crippen molar-refractivity contribution in [1.82, 2.24) is 0 Å². The van der Waals surface area contributed by atoms with E-state index >= 15 is 0 Å². The van der Waals surface area contributed by atoms with Gasteiger partial charge in [0.05, 0.1) is 0 Å². The van der Waals surface area contributed by atoms with Crippen molar-refractivity contribution in [3.05, 3.63) is 69.7 Å². The van der Waals surface area contributed by atoms with Gasteiger partial charge in [-0.3, -0.25) is 0 Å². The Balaban J connectivity index is 2.19. The standard InChI is InChI=1S/C14H12BrF2N/c15-13-8-11(17)4-5-12(13)14(18)7-9-2-1-3-10(16)6-9/h1-6,8,14H,7,18H2. The lowest BCUT2D eigenvalue weighted by atomic mass is 10.00. The molecule has 2 rings (SSSR count). The third kappa shape index (κ3) is 3.15. The van der Waals surface area contributed by atoms with Crippen LogP contribution in [0.3, 0.4) is 0 Å². The summed E-state index contributed by atoms with van der Waals surface area (Å²) >= 11 is 3.28. The summed E-state index contributed by atoms with van der Waals surface area (Å²) in [5.41, 5.74) is 7.68. The molecule has 0 spiro atoms. The van der Waals surface area contributed by atoms with Crippen molar-refractivity contribution in [2.24, 2.45) is 5.73 Å². The molecule has 0 bridgehead atoms. The van der Waals surface area contributed by atoms with Gasteiger partial charge in [-0.1, -0.05) is 34.1 Å². The van der Waals surface area contributed by atoms with Gasteiger partial charge < -0.3 is 5.73 Å². The third-order valence-electron chi connectivity index (χ3n) is 2.71. The maximum absolute atomic E-state index is 13.1. The Hall–Kier alpha value is -1.26. The molecule has 0 amide bonds. The SMILES string of the molecule is NC(Cc1cccc(F)c1)c1ccc(F)cc1Br. The van der Waals surface area contributed by atoms with E-state index in [9.17, 15) is 8.78 Å². The Morgan fingerprint density at radius 2 is 1.78 bits per heavy atom. The number of benzene rings is 2. The first-order valence-corrected chi connectivity index (χ1v) is 6.30. The van der Waals surface area contributed by atoms with Crippen LogP contribution in [0.2, 0.25) is 0 Å². The molecule has 0 aliphatic rings. The molecule has 0 aliphatic heterocycles. The van der Waals surface area contributed by atoms with Gasteiger partial charge in [0.1, 0.15) is 11.6 Å². The Morgan fingerprint density at radius 1 is 1.06 bits per heavy atom. The van der Waals surface area contributed by atoms with E-state index < -0.39 is 0 Å². The first kappa shape index (κ1) is 13.2. The number of hydrogen-bond donors (Lipinski definition) is 1. The second-order valence-corrected chi connectivity index (χ2v) is 4.96. The van der Waals surface area contributed by atoms with Crippen LogP contribution in [0, 0.1) is 11.6 Å². The van der Waals surface area contributed by atoms with E-state index in [0.717, 1.165) is 11.1 Å². The fourth-order valence-electron chi connectivity index (χ4n) is 1.83. The monoisotopic (exact) mass is 311 g/mol. The lowest BCUT2D eigenvalue weighted by molar-refractivity contribution is 0.618. The molecule has 2 aromatic carbocycles. The van der Waals surface area contributed by atoms with Crippen LogP contribution in [0.15, 0.2) is 46.9 Å². The fraction of sp³-hybridized carbons (Fsp3) is 0.143. The van der Waals surface area contributed by atoms with Gasteiger partial charge in [-0.15, -0.1) is 0 Å². The van der Waals surface area contributed by atoms with E-state index in [-0.39, 0.29) is 17.7 Å². The van der Waals surface area contributed by atoms with E-state index in [1.165, 1.54) is 24.3 Å². The lowest BCUT2D eigenvalue weighted by Gasteiger charge is -2.14. The Bertz CT molecular complexity index is 557. The highest BCUT2D eigenvalue weighted by Crippen LogP contribution is 2.25. The van der Waals surface area contributed by atoms with Crippen LogP contribution in [-0.4, -0.2) is 0 Å². The van der Waals surface area contributed by atoms with Crippen LogP contribution >= 0.6 is 15.9 Å². The second-order valence-electron chi connectivity index (χ2n) is 4.11. The number of rotatable bonds is 3. The summed E-state index contributed by atoms with van der Waals surface area (Å²) < 4.78 is 26.7. The molecule has 4 heteroatoms. The van der Waals surface area contributed by atoms with E-state index in [1.807, 2.05) is 6.07 Å². The molecule has 0 aliphatic carbocycles. The smallest absolute Gasteiger partial charge is 0.124 e. The van der Waals surface area contributed by atoms with Gasteiger partial charge in [0, 0.05) is 10.5 Å². The summed E-state index contributed by atoms with van der Waals surface area (Å²) in [7, 11) is 0. The summed E-state index contributed by atoms with van der Waals surface area (Å²) in [6.45, 7) is 0. The minimum absolute atomic E-state index is 0.280. The molecule has 18 heavy (non-hydrogen) atoms. The van der Waals surface area contributed by atoms with Crippen molar-refractivity contribution < 1.29 is 8.78 Å². The predicted molar refractivity (Wildman–Crippen MR) is 71.1 cm³/mol. The maximum Gasteiger partial charge on any atom is 0.124 e. The molecule has 1 nitrogen and oxygen atoms in total. The van der Waals surface area contributed by atoms with Crippen LogP contribution in [0.25, 0.3) is 0 Å². The molecule has 0 heterocycles. The molecule has 0 saturated carbocycles. The van der Waals surface area contributed by atoms with Gasteiger partial charge in [-0.25, -0.2) is 8.78 Å². The number of hydrogen-bond acceptors (Lipinski definition) is 1. The topological polar surface area (TPSA) is 26.0 Å². The van der Waals surface area contributed by atoms with Crippen LogP contribution in [0.1, 0.15) is 17.2 Å². The second kappa shape index (κ2) is 5.59. The highest BCUT2D eigenvalue weighted by molar-refractivity contribution is 9.10. The lowest BCUT2D eigenvalue weighted by Crippen LogP contribution is -2.14. The summed E-state index contributed by atoms with van der Waals surface area (Å²) in [6, 6.07) is 10.4. The zero-order chi connectivity index (χ0) is 13.1. The van der Waals surface area contributed by atoms with Crippen LogP contribution < -0.4 is 5.73 Å². The summed E-state index contributed by atoms with van der Waals surface area (Å²) in [6.07, 6.45) is 0.502. The molecular weight excluding hydrogens is 300 g/mol. The van der Waals surface area contributed by atoms with Gasteiger partial charge in [0.25, 0.3) is 0 Å². The zero-order valence-electron chi connectivity index (χ0n) is 9.54. The van der Waals surface area contributed by atoms with Gasteiger partial charge in [-0.05, 0) is 41.8 Å². The first-order valence-electron chi connectivity index (χ1n) is 5.51. The highest BCUT2D eigenvalue weighted by atomic mass is 79.9. The van der Waals surface area contributed by atoms with Gasteiger partial charge in [0.15, 0.2) is 0 Å². The highest BCUT2D eigenvalue weighted by Gasteiger charge is 2.11. The van der Waals surface area contributed by atoms with Crippen LogP contribution in [0.5, 0.6) is 0 Å². The van der Waals surface area contributed by atoms with Gasteiger partial charge in [-0.2, -0.15) is 0 Å². The first-order chi connectivity index (χ1) is 8.56. The van der Waals surface area contributed by atoms with Crippen molar-refractivity contribution in [2.45, 2.75) is 12.5 Å².